The van der Waals surface area contributed by atoms with Crippen molar-refractivity contribution in [2.24, 2.45) is 0 Å². The highest BCUT2D eigenvalue weighted by atomic mass is 32.2. The normalized spacial score (nSPS) is 11.0. The van der Waals surface area contributed by atoms with Gasteiger partial charge in [-0.2, -0.15) is 0 Å². The van der Waals surface area contributed by atoms with Crippen LogP contribution in [0.15, 0.2) is 22.4 Å². The molecule has 2 rings (SSSR count). The molecular weight excluding hydrogens is 214 g/mol. The molecule has 0 spiro atoms. The van der Waals surface area contributed by atoms with E-state index < -0.39 is 0 Å². The monoisotopic (exact) mass is 225 g/mol. The van der Waals surface area contributed by atoms with Gasteiger partial charge in [0, 0.05) is 26.0 Å². The van der Waals surface area contributed by atoms with Crippen molar-refractivity contribution in [3.05, 3.63) is 23.1 Å². The Labute approximate surface area is 90.7 Å². The minimum Gasteiger partial charge on any atom is -0.399 e. The zero-order chi connectivity index (χ0) is 10.1. The third-order valence-corrected chi connectivity index (χ3v) is 3.98. The van der Waals surface area contributed by atoms with E-state index >= 15 is 0 Å². The lowest BCUT2D eigenvalue weighted by molar-refractivity contribution is 0.283. The van der Waals surface area contributed by atoms with Crippen molar-refractivity contribution in [3.8, 4) is 0 Å². The summed E-state index contributed by atoms with van der Waals surface area (Å²) in [7, 11) is 0. The summed E-state index contributed by atoms with van der Waals surface area (Å²) in [5, 5.41) is 12.5. The van der Waals surface area contributed by atoms with Gasteiger partial charge in [-0.3, -0.25) is 0 Å². The molecule has 1 aromatic heterocycles. The van der Waals surface area contributed by atoms with Crippen LogP contribution in [0.2, 0.25) is 0 Å². The number of thiophene rings is 1. The number of nitrogen functional groups attached to an aromatic ring is 1. The standard InChI is InChI=1S/C10H11NOS2/c1-13-9-5-14-8-3-7(11)2-6(4-12)10(8)9/h2-3,5,12H,4,11H2,1H3. The molecule has 0 saturated carbocycles. The molecular formula is C10H11NOS2. The molecule has 2 nitrogen and oxygen atoms in total. The van der Waals surface area contributed by atoms with Gasteiger partial charge >= 0.3 is 0 Å². The summed E-state index contributed by atoms with van der Waals surface area (Å²) in [6, 6.07) is 3.80. The van der Waals surface area contributed by atoms with Gasteiger partial charge < -0.3 is 10.8 Å². The van der Waals surface area contributed by atoms with Crippen LogP contribution < -0.4 is 5.73 Å². The second-order valence-corrected chi connectivity index (χ2v) is 4.77. The van der Waals surface area contributed by atoms with E-state index in [0.29, 0.717) is 0 Å². The van der Waals surface area contributed by atoms with Gasteiger partial charge in [0.25, 0.3) is 0 Å². The van der Waals surface area contributed by atoms with Crippen LogP contribution in [-0.2, 0) is 6.61 Å². The molecule has 0 bridgehead atoms. The third kappa shape index (κ3) is 1.49. The van der Waals surface area contributed by atoms with E-state index in [2.05, 4.69) is 5.38 Å². The highest BCUT2D eigenvalue weighted by molar-refractivity contribution is 7.99. The van der Waals surface area contributed by atoms with E-state index in [-0.39, 0.29) is 6.61 Å². The van der Waals surface area contributed by atoms with E-state index in [1.807, 2.05) is 18.4 Å². The number of hydrogen-bond donors (Lipinski definition) is 2. The van der Waals surface area contributed by atoms with Gasteiger partial charge in [0.15, 0.2) is 0 Å². The van der Waals surface area contributed by atoms with E-state index in [0.717, 1.165) is 21.3 Å². The lowest BCUT2D eigenvalue weighted by atomic mass is 10.1. The van der Waals surface area contributed by atoms with Crippen LogP contribution in [0.4, 0.5) is 5.69 Å². The number of anilines is 1. The molecule has 0 amide bonds. The fourth-order valence-electron chi connectivity index (χ4n) is 1.52. The van der Waals surface area contributed by atoms with Crippen LogP contribution >= 0.6 is 23.1 Å². The van der Waals surface area contributed by atoms with Gasteiger partial charge in [-0.05, 0) is 24.0 Å². The molecule has 0 aliphatic rings. The molecule has 3 N–H and O–H groups in total. The first-order chi connectivity index (χ1) is 6.76. The Balaban J connectivity index is 2.78. The Bertz CT molecular complexity index is 464. The summed E-state index contributed by atoms with van der Waals surface area (Å²) < 4.78 is 1.15. The maximum absolute atomic E-state index is 9.24. The van der Waals surface area contributed by atoms with E-state index in [4.69, 9.17) is 5.73 Å². The quantitative estimate of drug-likeness (QED) is 0.610. The fraction of sp³-hybridized carbons (Fsp3) is 0.200. The highest BCUT2D eigenvalue weighted by Crippen LogP contribution is 2.36. The van der Waals surface area contributed by atoms with Crippen molar-refractivity contribution in [2.75, 3.05) is 12.0 Å². The Morgan fingerprint density at radius 1 is 1.50 bits per heavy atom. The minimum atomic E-state index is 0.0475. The lowest BCUT2D eigenvalue weighted by Crippen LogP contribution is -1.90. The predicted molar refractivity (Wildman–Crippen MR) is 63.9 cm³/mol. The number of rotatable bonds is 2. The average Bonchev–Trinajstić information content (AvgIpc) is 2.59. The molecule has 14 heavy (non-hydrogen) atoms. The van der Waals surface area contributed by atoms with Gasteiger partial charge in [-0.15, -0.1) is 23.1 Å². The van der Waals surface area contributed by atoms with Crippen LogP contribution in [0.25, 0.3) is 10.1 Å². The van der Waals surface area contributed by atoms with E-state index in [1.54, 1.807) is 23.1 Å². The molecule has 1 heterocycles. The topological polar surface area (TPSA) is 46.2 Å². The number of hydrogen-bond acceptors (Lipinski definition) is 4. The summed E-state index contributed by atoms with van der Waals surface area (Å²) in [4.78, 5) is 1.22. The zero-order valence-electron chi connectivity index (χ0n) is 7.78. The second-order valence-electron chi connectivity index (χ2n) is 3.02. The Morgan fingerprint density at radius 3 is 2.93 bits per heavy atom. The SMILES string of the molecule is CSc1csc2cc(N)cc(CO)c12. The van der Waals surface area contributed by atoms with E-state index in [9.17, 15) is 5.11 Å². The lowest BCUT2D eigenvalue weighted by Gasteiger charge is -2.03. The summed E-state index contributed by atoms with van der Waals surface area (Å²) in [5.41, 5.74) is 7.38. The number of aliphatic hydroxyl groups is 1. The van der Waals surface area contributed by atoms with Crippen molar-refractivity contribution in [1.29, 1.82) is 0 Å². The van der Waals surface area contributed by atoms with Gasteiger partial charge in [0.2, 0.25) is 0 Å². The van der Waals surface area contributed by atoms with Crippen LogP contribution in [0.3, 0.4) is 0 Å². The second kappa shape index (κ2) is 3.81. The molecule has 1 aromatic carbocycles. The first kappa shape index (κ1) is 9.83. The largest absolute Gasteiger partial charge is 0.399 e. The Hall–Kier alpha value is -0.710. The maximum Gasteiger partial charge on any atom is 0.0689 e. The summed E-state index contributed by atoms with van der Waals surface area (Å²) in [6.07, 6.45) is 2.04. The molecule has 0 radical (unpaired) electrons. The molecule has 0 fully saturated rings. The van der Waals surface area contributed by atoms with Gasteiger partial charge in [-0.1, -0.05) is 0 Å². The molecule has 0 atom stereocenters. The van der Waals surface area contributed by atoms with Crippen LogP contribution in [-0.4, -0.2) is 11.4 Å². The predicted octanol–water partition coefficient (Wildman–Crippen LogP) is 2.70. The van der Waals surface area contributed by atoms with Crippen molar-refractivity contribution in [3.63, 3.8) is 0 Å². The molecule has 0 aliphatic carbocycles. The number of benzene rings is 1. The summed E-state index contributed by atoms with van der Waals surface area (Å²) in [5.74, 6) is 0. The van der Waals surface area contributed by atoms with Crippen LogP contribution in [0, 0.1) is 0 Å². The molecule has 2 aromatic rings. The summed E-state index contributed by atoms with van der Waals surface area (Å²) >= 11 is 3.37. The Morgan fingerprint density at radius 2 is 2.29 bits per heavy atom. The van der Waals surface area contributed by atoms with Gasteiger partial charge in [-0.25, -0.2) is 0 Å². The smallest absolute Gasteiger partial charge is 0.0689 e. The highest BCUT2D eigenvalue weighted by Gasteiger charge is 2.08. The maximum atomic E-state index is 9.24. The van der Waals surface area contributed by atoms with Crippen LogP contribution in [0.5, 0.6) is 0 Å². The molecule has 4 heteroatoms. The van der Waals surface area contributed by atoms with Gasteiger partial charge in [0.1, 0.15) is 0 Å². The van der Waals surface area contributed by atoms with Crippen molar-refractivity contribution in [2.45, 2.75) is 11.5 Å². The zero-order valence-corrected chi connectivity index (χ0v) is 9.41. The van der Waals surface area contributed by atoms with Crippen molar-refractivity contribution >= 4 is 38.9 Å². The van der Waals surface area contributed by atoms with E-state index in [1.165, 1.54) is 4.90 Å². The summed E-state index contributed by atoms with van der Waals surface area (Å²) in [6.45, 7) is 0.0475. The molecule has 0 unspecified atom stereocenters. The number of thioether (sulfide) groups is 1. The Kier molecular flexibility index (Phi) is 2.67. The minimum absolute atomic E-state index is 0.0475. The molecule has 0 saturated heterocycles. The number of aliphatic hydroxyl groups excluding tert-OH is 1. The van der Waals surface area contributed by atoms with Crippen LogP contribution in [0.1, 0.15) is 5.56 Å². The van der Waals surface area contributed by atoms with Gasteiger partial charge in [0.05, 0.1) is 6.61 Å². The first-order valence-corrected chi connectivity index (χ1v) is 6.31. The fourth-order valence-corrected chi connectivity index (χ4v) is 3.47. The first-order valence-electron chi connectivity index (χ1n) is 4.20. The van der Waals surface area contributed by atoms with Crippen molar-refractivity contribution in [1.82, 2.24) is 0 Å². The molecule has 74 valence electrons. The van der Waals surface area contributed by atoms with Crippen molar-refractivity contribution < 1.29 is 5.11 Å². The average molecular weight is 225 g/mol. The number of nitrogens with two attached hydrogens (primary N) is 1. The number of fused-ring (bicyclic) bond motifs is 1. The third-order valence-electron chi connectivity index (χ3n) is 2.14. The molecule has 0 aliphatic heterocycles.